The van der Waals surface area contributed by atoms with E-state index in [1.165, 1.54) is 0 Å². The van der Waals surface area contributed by atoms with Gasteiger partial charge in [0.15, 0.2) is 11.5 Å². The smallest absolute Gasteiger partial charge is 0.307 e. The second-order valence-corrected chi connectivity index (χ2v) is 6.28. The van der Waals surface area contributed by atoms with Crippen LogP contribution in [0.1, 0.15) is 34.8 Å². The van der Waals surface area contributed by atoms with Crippen LogP contribution in [0, 0.1) is 6.92 Å². The van der Waals surface area contributed by atoms with Gasteiger partial charge in [-0.1, -0.05) is 24.3 Å². The van der Waals surface area contributed by atoms with E-state index in [1.54, 1.807) is 17.9 Å². The van der Waals surface area contributed by atoms with Crippen LogP contribution in [0.5, 0.6) is 11.5 Å². The number of hydrogen-bond acceptors (Lipinski definition) is 5. The average molecular weight is 369 g/mol. The van der Waals surface area contributed by atoms with Crippen LogP contribution in [0.15, 0.2) is 42.5 Å². The number of ether oxygens (including phenoxy) is 3. The van der Waals surface area contributed by atoms with Crippen molar-refractivity contribution >= 4 is 11.9 Å². The molecule has 0 fully saturated rings. The Morgan fingerprint density at radius 2 is 1.89 bits per heavy atom. The third-order valence-corrected chi connectivity index (χ3v) is 4.36. The Labute approximate surface area is 158 Å². The molecule has 0 aliphatic carbocycles. The molecule has 0 radical (unpaired) electrons. The van der Waals surface area contributed by atoms with E-state index in [-0.39, 0.29) is 31.6 Å². The first kappa shape index (κ1) is 18.8. The first-order valence-corrected chi connectivity index (χ1v) is 8.97. The number of carbonyl (C=O) groups is 2. The third kappa shape index (κ3) is 4.58. The van der Waals surface area contributed by atoms with E-state index >= 15 is 0 Å². The van der Waals surface area contributed by atoms with Gasteiger partial charge in [-0.2, -0.15) is 0 Å². The predicted octanol–water partition coefficient (Wildman–Crippen LogP) is 3.32. The summed E-state index contributed by atoms with van der Waals surface area (Å²) in [5, 5.41) is 0. The zero-order valence-corrected chi connectivity index (χ0v) is 15.6. The SMILES string of the molecule is CCOC(=O)CCN(Cc1ccc2c(c1)OCO2)C(=O)c1ccccc1C. The molecule has 0 N–H and O–H groups in total. The van der Waals surface area contributed by atoms with Gasteiger partial charge in [-0.3, -0.25) is 9.59 Å². The van der Waals surface area contributed by atoms with Crippen LogP contribution in [0.2, 0.25) is 0 Å². The van der Waals surface area contributed by atoms with Crippen molar-refractivity contribution in [2.24, 2.45) is 0 Å². The van der Waals surface area contributed by atoms with Gasteiger partial charge in [0.2, 0.25) is 6.79 Å². The van der Waals surface area contributed by atoms with E-state index in [0.29, 0.717) is 30.2 Å². The highest BCUT2D eigenvalue weighted by Gasteiger charge is 2.21. The summed E-state index contributed by atoms with van der Waals surface area (Å²) in [6, 6.07) is 13.0. The number of aryl methyl sites for hydroxylation is 1. The van der Waals surface area contributed by atoms with Crippen LogP contribution in [-0.2, 0) is 16.1 Å². The lowest BCUT2D eigenvalue weighted by atomic mass is 10.1. The fraction of sp³-hybridized carbons (Fsp3) is 0.333. The van der Waals surface area contributed by atoms with Gasteiger partial charge in [0, 0.05) is 18.7 Å². The van der Waals surface area contributed by atoms with Crippen molar-refractivity contribution in [2.75, 3.05) is 19.9 Å². The molecule has 0 aromatic heterocycles. The molecule has 2 aromatic carbocycles. The highest BCUT2D eigenvalue weighted by atomic mass is 16.7. The summed E-state index contributed by atoms with van der Waals surface area (Å²) in [5.74, 6) is 0.934. The molecule has 0 saturated heterocycles. The summed E-state index contributed by atoms with van der Waals surface area (Å²) in [5.41, 5.74) is 2.43. The van der Waals surface area contributed by atoms with Gasteiger partial charge in [0.25, 0.3) is 5.91 Å². The van der Waals surface area contributed by atoms with Crippen molar-refractivity contribution in [1.29, 1.82) is 0 Å². The van der Waals surface area contributed by atoms with Crippen LogP contribution in [0.3, 0.4) is 0 Å². The molecular formula is C21H23NO5. The van der Waals surface area contributed by atoms with Crippen molar-refractivity contribution in [1.82, 2.24) is 4.90 Å². The van der Waals surface area contributed by atoms with E-state index in [9.17, 15) is 9.59 Å². The number of fused-ring (bicyclic) bond motifs is 1. The molecule has 1 amide bonds. The van der Waals surface area contributed by atoms with Crippen molar-refractivity contribution in [2.45, 2.75) is 26.8 Å². The molecule has 0 bridgehead atoms. The van der Waals surface area contributed by atoms with Gasteiger partial charge >= 0.3 is 5.97 Å². The van der Waals surface area contributed by atoms with Gasteiger partial charge in [0.05, 0.1) is 13.0 Å². The Kier molecular flexibility index (Phi) is 5.96. The lowest BCUT2D eigenvalue weighted by Gasteiger charge is -2.23. The molecular weight excluding hydrogens is 346 g/mol. The molecule has 3 rings (SSSR count). The summed E-state index contributed by atoms with van der Waals surface area (Å²) in [6.45, 7) is 4.84. The maximum Gasteiger partial charge on any atom is 0.307 e. The van der Waals surface area contributed by atoms with Gasteiger partial charge in [-0.05, 0) is 43.2 Å². The quantitative estimate of drug-likeness (QED) is 0.701. The standard InChI is InChI=1S/C21H23NO5/c1-3-25-20(23)10-11-22(21(24)17-7-5-4-6-15(17)2)13-16-8-9-18-19(12-16)27-14-26-18/h4-9,12H,3,10-11,13-14H2,1-2H3. The zero-order chi connectivity index (χ0) is 19.2. The minimum atomic E-state index is -0.314. The molecule has 6 nitrogen and oxygen atoms in total. The van der Waals surface area contributed by atoms with Gasteiger partial charge < -0.3 is 19.1 Å². The van der Waals surface area contributed by atoms with Crippen LogP contribution in [-0.4, -0.2) is 36.7 Å². The number of hydrogen-bond donors (Lipinski definition) is 0. The number of esters is 1. The van der Waals surface area contributed by atoms with Crippen LogP contribution in [0.4, 0.5) is 0 Å². The molecule has 0 unspecified atom stereocenters. The molecule has 0 saturated carbocycles. The van der Waals surface area contributed by atoms with Crippen LogP contribution in [0.25, 0.3) is 0 Å². The number of carbonyl (C=O) groups excluding carboxylic acids is 2. The maximum absolute atomic E-state index is 13.1. The Hall–Kier alpha value is -3.02. The number of rotatable bonds is 7. The van der Waals surface area contributed by atoms with E-state index in [4.69, 9.17) is 14.2 Å². The highest BCUT2D eigenvalue weighted by Crippen LogP contribution is 2.33. The van der Waals surface area contributed by atoms with Crippen LogP contribution < -0.4 is 9.47 Å². The van der Waals surface area contributed by atoms with E-state index in [2.05, 4.69) is 0 Å². The second-order valence-electron chi connectivity index (χ2n) is 6.28. The number of amides is 1. The normalized spacial score (nSPS) is 11.9. The molecule has 0 spiro atoms. The first-order chi connectivity index (χ1) is 13.1. The average Bonchev–Trinajstić information content (AvgIpc) is 3.13. The van der Waals surface area contributed by atoms with Gasteiger partial charge in [-0.25, -0.2) is 0 Å². The minimum Gasteiger partial charge on any atom is -0.466 e. The van der Waals surface area contributed by atoms with E-state index < -0.39 is 0 Å². The number of nitrogens with zero attached hydrogens (tertiary/aromatic N) is 1. The molecule has 1 heterocycles. The van der Waals surface area contributed by atoms with E-state index in [0.717, 1.165) is 11.1 Å². The molecule has 1 aliphatic heterocycles. The molecule has 142 valence electrons. The van der Waals surface area contributed by atoms with Crippen molar-refractivity contribution < 1.29 is 23.8 Å². The Morgan fingerprint density at radius 1 is 1.11 bits per heavy atom. The summed E-state index contributed by atoms with van der Waals surface area (Å²) in [7, 11) is 0. The molecule has 6 heteroatoms. The van der Waals surface area contributed by atoms with Crippen molar-refractivity contribution in [3.8, 4) is 11.5 Å². The molecule has 1 aliphatic rings. The topological polar surface area (TPSA) is 65.1 Å². The summed E-state index contributed by atoms with van der Waals surface area (Å²) >= 11 is 0. The minimum absolute atomic E-state index is 0.116. The third-order valence-electron chi connectivity index (χ3n) is 4.36. The first-order valence-electron chi connectivity index (χ1n) is 8.97. The van der Waals surface area contributed by atoms with Crippen molar-refractivity contribution in [3.63, 3.8) is 0 Å². The fourth-order valence-electron chi connectivity index (χ4n) is 2.95. The lowest BCUT2D eigenvalue weighted by Crippen LogP contribution is -2.33. The fourth-order valence-corrected chi connectivity index (χ4v) is 2.95. The largest absolute Gasteiger partial charge is 0.466 e. The van der Waals surface area contributed by atoms with E-state index in [1.807, 2.05) is 43.3 Å². The van der Waals surface area contributed by atoms with Crippen molar-refractivity contribution in [3.05, 3.63) is 59.2 Å². The van der Waals surface area contributed by atoms with Gasteiger partial charge in [0.1, 0.15) is 0 Å². The maximum atomic E-state index is 13.1. The Balaban J connectivity index is 1.79. The second kappa shape index (κ2) is 8.58. The summed E-state index contributed by atoms with van der Waals surface area (Å²) < 4.78 is 15.7. The molecule has 27 heavy (non-hydrogen) atoms. The lowest BCUT2D eigenvalue weighted by molar-refractivity contribution is -0.143. The van der Waals surface area contributed by atoms with Gasteiger partial charge in [-0.15, -0.1) is 0 Å². The number of benzene rings is 2. The summed E-state index contributed by atoms with van der Waals surface area (Å²) in [4.78, 5) is 26.5. The Bertz CT molecular complexity index is 833. The summed E-state index contributed by atoms with van der Waals surface area (Å²) in [6.07, 6.45) is 0.149. The molecule has 0 atom stereocenters. The molecule has 2 aromatic rings. The zero-order valence-electron chi connectivity index (χ0n) is 15.6. The predicted molar refractivity (Wildman–Crippen MR) is 99.7 cm³/mol. The Morgan fingerprint density at radius 3 is 2.67 bits per heavy atom. The monoisotopic (exact) mass is 369 g/mol. The van der Waals surface area contributed by atoms with Crippen LogP contribution >= 0.6 is 0 Å². The highest BCUT2D eigenvalue weighted by molar-refractivity contribution is 5.95.